The lowest BCUT2D eigenvalue weighted by atomic mass is 9.82. The molecule has 286 valence electrons. The Morgan fingerprint density at radius 1 is 0.467 bits per heavy atom. The van der Waals surface area contributed by atoms with Crippen LogP contribution in [0.2, 0.25) is 0 Å². The van der Waals surface area contributed by atoms with Gasteiger partial charge in [0.25, 0.3) is 0 Å². The highest BCUT2D eigenvalue weighted by atomic mass is 32.2. The minimum absolute atomic E-state index is 0.113. The van der Waals surface area contributed by atoms with Crippen LogP contribution < -0.4 is 4.90 Å². The van der Waals surface area contributed by atoms with Crippen LogP contribution in [0.4, 0.5) is 17.1 Å². The van der Waals surface area contributed by atoms with Crippen LogP contribution in [0.1, 0.15) is 30.5 Å². The third-order valence-corrected chi connectivity index (χ3v) is 14.2. The molecule has 2 nitrogen and oxygen atoms in total. The summed E-state index contributed by atoms with van der Waals surface area (Å²) in [5, 5.41) is 4.94. The van der Waals surface area contributed by atoms with Gasteiger partial charge in [-0.25, -0.2) is 0 Å². The molecule has 0 spiro atoms. The minimum Gasteiger partial charge on any atom is -0.310 e. The molecule has 0 unspecified atom stereocenters. The topological polar surface area (TPSA) is 8.17 Å². The van der Waals surface area contributed by atoms with Crippen LogP contribution in [0.15, 0.2) is 199 Å². The van der Waals surface area contributed by atoms with E-state index in [0.29, 0.717) is 0 Å². The normalized spacial score (nSPS) is 13.8. The number of hydrogen-bond acceptors (Lipinski definition) is 2. The molecule has 0 saturated carbocycles. The average molecular weight is 787 g/mol. The third-order valence-electron chi connectivity index (χ3n) is 13.1. The molecule has 12 rings (SSSR count). The number of hydrogen-bond donors (Lipinski definition) is 0. The molecule has 1 aromatic heterocycles. The summed E-state index contributed by atoms with van der Waals surface area (Å²) in [4.78, 5) is 3.82. The molecule has 0 radical (unpaired) electrons. The molecule has 1 aliphatic carbocycles. The van der Waals surface area contributed by atoms with E-state index in [9.17, 15) is 0 Å². The molecular formula is C57H42N2S. The first-order valence-electron chi connectivity index (χ1n) is 21.0. The fourth-order valence-corrected chi connectivity index (χ4v) is 11.1. The molecule has 0 fully saturated rings. The van der Waals surface area contributed by atoms with Crippen molar-refractivity contribution in [2.45, 2.75) is 30.6 Å². The fourth-order valence-electron chi connectivity index (χ4n) is 10.1. The van der Waals surface area contributed by atoms with Crippen LogP contribution in [0.5, 0.6) is 0 Å². The molecule has 0 amide bonds. The molecule has 0 atom stereocenters. The predicted molar refractivity (Wildman–Crippen MR) is 256 cm³/mol. The van der Waals surface area contributed by atoms with Gasteiger partial charge in [-0.3, -0.25) is 0 Å². The van der Waals surface area contributed by atoms with Crippen molar-refractivity contribution in [3.63, 3.8) is 0 Å². The molecule has 1 aliphatic heterocycles. The van der Waals surface area contributed by atoms with Gasteiger partial charge < -0.3 is 9.47 Å². The van der Waals surface area contributed by atoms with Gasteiger partial charge in [-0.1, -0.05) is 135 Å². The summed E-state index contributed by atoms with van der Waals surface area (Å²) in [6, 6.07) is 72.5. The highest BCUT2D eigenvalue weighted by Gasteiger charge is 2.36. The fraction of sp³-hybridized carbons (Fsp3) is 0.0877. The van der Waals surface area contributed by atoms with Crippen molar-refractivity contribution < 1.29 is 0 Å². The second kappa shape index (κ2) is 13.6. The Bertz CT molecular complexity index is 3340. The van der Waals surface area contributed by atoms with Crippen molar-refractivity contribution in [3.8, 4) is 39.1 Å². The third kappa shape index (κ3) is 5.49. The lowest BCUT2D eigenvalue weighted by Crippen LogP contribution is -2.16. The number of nitrogens with zero attached hydrogens (tertiary/aromatic N) is 2. The van der Waals surface area contributed by atoms with E-state index >= 15 is 0 Å². The van der Waals surface area contributed by atoms with Crippen molar-refractivity contribution in [3.05, 3.63) is 211 Å². The van der Waals surface area contributed by atoms with Gasteiger partial charge in [0.2, 0.25) is 0 Å². The van der Waals surface area contributed by atoms with E-state index in [4.69, 9.17) is 0 Å². The van der Waals surface area contributed by atoms with Crippen LogP contribution in [-0.4, -0.2) is 10.3 Å². The summed E-state index contributed by atoms with van der Waals surface area (Å²) in [6.45, 7) is 4.73. The highest BCUT2D eigenvalue weighted by Crippen LogP contribution is 2.51. The summed E-state index contributed by atoms with van der Waals surface area (Å²) >= 11 is 1.97. The molecule has 3 heteroatoms. The van der Waals surface area contributed by atoms with E-state index in [1.54, 1.807) is 0 Å². The number of thioether (sulfide) groups is 1. The van der Waals surface area contributed by atoms with Crippen LogP contribution >= 0.6 is 11.8 Å². The van der Waals surface area contributed by atoms with Crippen LogP contribution in [0.3, 0.4) is 0 Å². The Morgan fingerprint density at radius 3 is 2.05 bits per heavy atom. The molecule has 60 heavy (non-hydrogen) atoms. The maximum atomic E-state index is 2.45. The Labute approximate surface area is 355 Å². The number of aryl methyl sites for hydroxylation is 1. The zero-order valence-electron chi connectivity index (χ0n) is 33.7. The first-order valence-corrected chi connectivity index (χ1v) is 22.0. The Balaban J connectivity index is 1.06. The van der Waals surface area contributed by atoms with Gasteiger partial charge in [-0.15, -0.1) is 11.8 Å². The van der Waals surface area contributed by atoms with E-state index in [-0.39, 0.29) is 5.41 Å². The van der Waals surface area contributed by atoms with Gasteiger partial charge in [-0.2, -0.15) is 0 Å². The molecule has 2 heterocycles. The molecule has 0 saturated heterocycles. The van der Waals surface area contributed by atoms with Gasteiger partial charge in [0.15, 0.2) is 0 Å². The number of para-hydroxylation sites is 1. The lowest BCUT2D eigenvalue weighted by molar-refractivity contribution is 0.660. The van der Waals surface area contributed by atoms with Gasteiger partial charge in [0.05, 0.1) is 11.0 Å². The first-order chi connectivity index (χ1) is 29.5. The zero-order valence-corrected chi connectivity index (χ0v) is 34.5. The van der Waals surface area contributed by atoms with Crippen LogP contribution in [0, 0.1) is 0 Å². The number of anilines is 3. The average Bonchev–Trinajstić information content (AvgIpc) is 3.64. The van der Waals surface area contributed by atoms with Gasteiger partial charge >= 0.3 is 0 Å². The highest BCUT2D eigenvalue weighted by molar-refractivity contribution is 7.99. The standard InChI is InChI=1S/C57H42N2S/c1-57(2)52-19-11-10-18-47(52)48-26-24-44(35-53(48)57)58(43-23-20-37-12-6-7-14-39(37)32-43)45-25-27-49-50-33-40(21-28-54(50)59(55(49)36-45)42-15-4-3-5-16-42)41-22-29-56-51(34-41)46-17-9-8-13-38(46)30-31-60-56/h3-29,32-36H,30-31H2,1-2H3. The molecule has 9 aromatic carbocycles. The minimum atomic E-state index is -0.113. The maximum absolute atomic E-state index is 2.45. The summed E-state index contributed by atoms with van der Waals surface area (Å²) in [7, 11) is 0. The van der Waals surface area contributed by atoms with Crippen LogP contribution in [0.25, 0.3) is 71.6 Å². The Hall–Kier alpha value is -6.81. The molecule has 0 N–H and O–H groups in total. The van der Waals surface area contributed by atoms with Crippen LogP contribution in [-0.2, 0) is 11.8 Å². The van der Waals surface area contributed by atoms with E-state index in [0.717, 1.165) is 34.9 Å². The predicted octanol–water partition coefficient (Wildman–Crippen LogP) is 15.7. The van der Waals surface area contributed by atoms with E-state index in [2.05, 4.69) is 217 Å². The van der Waals surface area contributed by atoms with Crippen molar-refractivity contribution in [2.24, 2.45) is 0 Å². The van der Waals surface area contributed by atoms with Crippen molar-refractivity contribution in [1.29, 1.82) is 0 Å². The number of benzene rings is 9. The second-order valence-electron chi connectivity index (χ2n) is 16.8. The smallest absolute Gasteiger partial charge is 0.0561 e. The van der Waals surface area contributed by atoms with E-state index in [1.807, 2.05) is 11.8 Å². The molecule has 10 aromatic rings. The summed E-state index contributed by atoms with van der Waals surface area (Å²) in [5.41, 5.74) is 18.8. The Kier molecular flexibility index (Phi) is 7.98. The van der Waals surface area contributed by atoms with Crippen molar-refractivity contribution >= 4 is 61.4 Å². The second-order valence-corrected chi connectivity index (χ2v) is 18.0. The number of rotatable bonds is 5. The van der Waals surface area contributed by atoms with Gasteiger partial charge in [0, 0.05) is 49.6 Å². The Morgan fingerprint density at radius 2 is 1.15 bits per heavy atom. The maximum Gasteiger partial charge on any atom is 0.0561 e. The SMILES string of the molecule is CC1(C)c2ccccc2-c2ccc(N(c3ccc4ccccc4c3)c3ccc4c5cc(-c6ccc7c(c6)-c6ccccc6CCS7)ccc5n(-c5ccccc5)c4c3)cc21. The van der Waals surface area contributed by atoms with Gasteiger partial charge in [-0.05, 0) is 140 Å². The monoisotopic (exact) mass is 786 g/mol. The molecule has 0 bridgehead atoms. The lowest BCUT2D eigenvalue weighted by Gasteiger charge is -2.28. The summed E-state index contributed by atoms with van der Waals surface area (Å²) in [6.07, 6.45) is 1.09. The summed E-state index contributed by atoms with van der Waals surface area (Å²) < 4.78 is 2.45. The quantitative estimate of drug-likeness (QED) is 0.172. The number of aromatic nitrogens is 1. The number of fused-ring (bicyclic) bond motifs is 10. The van der Waals surface area contributed by atoms with E-state index in [1.165, 1.54) is 87.5 Å². The van der Waals surface area contributed by atoms with Gasteiger partial charge in [0.1, 0.15) is 0 Å². The van der Waals surface area contributed by atoms with E-state index < -0.39 is 0 Å². The largest absolute Gasteiger partial charge is 0.310 e. The van der Waals surface area contributed by atoms with Crippen molar-refractivity contribution in [2.75, 3.05) is 10.7 Å². The first kappa shape index (κ1) is 35.2. The molecule has 2 aliphatic rings. The molecular weight excluding hydrogens is 745 g/mol. The summed E-state index contributed by atoms with van der Waals surface area (Å²) in [5.74, 6) is 1.10. The zero-order chi connectivity index (χ0) is 40.0. The van der Waals surface area contributed by atoms with Crippen molar-refractivity contribution in [1.82, 2.24) is 4.57 Å².